The van der Waals surface area contributed by atoms with Crippen LogP contribution < -0.4 is 4.74 Å². The highest BCUT2D eigenvalue weighted by Gasteiger charge is 2.38. The molecule has 9 nitrogen and oxygen atoms in total. The number of carbonyl (C=O) groups excluding carboxylic acids is 3. The molecular formula is C26H31Br2NO8S. The second-order valence-corrected chi connectivity index (χ2v) is 12.1. The van der Waals surface area contributed by atoms with Gasteiger partial charge in [0, 0.05) is 22.4 Å². The predicted molar refractivity (Wildman–Crippen MR) is 148 cm³/mol. The molecule has 0 bridgehead atoms. The van der Waals surface area contributed by atoms with Crippen LogP contribution in [0.1, 0.15) is 51.7 Å². The maximum Gasteiger partial charge on any atom is 0.340 e. The van der Waals surface area contributed by atoms with E-state index in [4.69, 9.17) is 14.2 Å². The van der Waals surface area contributed by atoms with Crippen molar-refractivity contribution in [3.05, 3.63) is 50.4 Å². The van der Waals surface area contributed by atoms with E-state index in [1.165, 1.54) is 32.2 Å². The minimum atomic E-state index is -3.98. The lowest BCUT2D eigenvalue weighted by atomic mass is 10.0. The molecule has 0 aromatic heterocycles. The Kier molecular flexibility index (Phi) is 11.3. The van der Waals surface area contributed by atoms with E-state index in [9.17, 15) is 22.8 Å². The van der Waals surface area contributed by atoms with E-state index in [1.54, 1.807) is 26.0 Å². The first-order valence-corrected chi connectivity index (χ1v) is 14.9. The molecule has 2 rings (SSSR count). The highest BCUT2D eigenvalue weighted by molar-refractivity contribution is 9.11. The monoisotopic (exact) mass is 675 g/mol. The van der Waals surface area contributed by atoms with Gasteiger partial charge in [-0.2, -0.15) is 0 Å². The number of halogens is 2. The standard InChI is InChI=1S/C26H31Br2NO8S/c1-7-36-25(31)23(26(32)37-8-2)29(16(5)30)14-17-11-20(27)24(21(28)12-17)38(33,34)18-9-10-22(35-6)19(13-18)15(3)4/h9-13,15,23H,7-8,14H2,1-6H3. The summed E-state index contributed by atoms with van der Waals surface area (Å²) >= 11 is 6.72. The largest absolute Gasteiger partial charge is 0.496 e. The summed E-state index contributed by atoms with van der Waals surface area (Å²) < 4.78 is 43.1. The van der Waals surface area contributed by atoms with Crippen molar-refractivity contribution < 1.29 is 37.0 Å². The Hall–Kier alpha value is -2.44. The molecule has 0 unspecified atom stereocenters. The fourth-order valence-corrected chi connectivity index (χ4v) is 7.74. The Morgan fingerprint density at radius 1 is 0.947 bits per heavy atom. The van der Waals surface area contributed by atoms with Gasteiger partial charge < -0.3 is 19.1 Å². The second-order valence-electron chi connectivity index (χ2n) is 8.50. The molecule has 0 aliphatic rings. The predicted octanol–water partition coefficient (Wildman–Crippen LogP) is 5.02. The van der Waals surface area contributed by atoms with Crippen molar-refractivity contribution in [1.82, 2.24) is 4.90 Å². The van der Waals surface area contributed by atoms with Gasteiger partial charge in [-0.1, -0.05) is 13.8 Å². The summed E-state index contributed by atoms with van der Waals surface area (Å²) in [4.78, 5) is 38.7. The van der Waals surface area contributed by atoms with Crippen LogP contribution >= 0.6 is 31.9 Å². The molecule has 0 aliphatic carbocycles. The van der Waals surface area contributed by atoms with Crippen LogP contribution in [0.5, 0.6) is 5.75 Å². The van der Waals surface area contributed by atoms with Crippen molar-refractivity contribution in [3.63, 3.8) is 0 Å². The van der Waals surface area contributed by atoms with E-state index < -0.39 is 33.7 Å². The molecule has 208 valence electrons. The van der Waals surface area contributed by atoms with Gasteiger partial charge in [-0.15, -0.1) is 0 Å². The molecule has 0 spiro atoms. The summed E-state index contributed by atoms with van der Waals surface area (Å²) in [6.45, 7) is 8.09. The summed E-state index contributed by atoms with van der Waals surface area (Å²) in [6, 6.07) is 6.12. The van der Waals surface area contributed by atoms with Crippen LogP contribution in [0.3, 0.4) is 0 Å². The Bertz CT molecular complexity index is 1270. The summed E-state index contributed by atoms with van der Waals surface area (Å²) in [5.41, 5.74) is 1.20. The topological polar surface area (TPSA) is 116 Å². The third-order valence-corrected chi connectivity index (χ3v) is 9.18. The summed E-state index contributed by atoms with van der Waals surface area (Å²) in [5, 5.41) is 0. The van der Waals surface area contributed by atoms with Crippen LogP contribution in [-0.4, -0.2) is 57.5 Å². The molecule has 0 N–H and O–H groups in total. The van der Waals surface area contributed by atoms with E-state index in [-0.39, 0.29) is 44.4 Å². The smallest absolute Gasteiger partial charge is 0.340 e. The van der Waals surface area contributed by atoms with E-state index in [0.29, 0.717) is 11.3 Å². The lowest BCUT2D eigenvalue weighted by Gasteiger charge is -2.28. The van der Waals surface area contributed by atoms with Gasteiger partial charge in [-0.25, -0.2) is 18.0 Å². The fraction of sp³-hybridized carbons (Fsp3) is 0.423. The SMILES string of the molecule is CCOC(=O)C(C(=O)OCC)N(Cc1cc(Br)c(S(=O)(=O)c2ccc(OC)c(C(C)C)c2)c(Br)c1)C(C)=O. The van der Waals surface area contributed by atoms with Crippen LogP contribution in [0.15, 0.2) is 49.1 Å². The number of nitrogens with zero attached hydrogens (tertiary/aromatic N) is 1. The van der Waals surface area contributed by atoms with Crippen LogP contribution in [0, 0.1) is 0 Å². The number of methoxy groups -OCH3 is 1. The Balaban J connectivity index is 2.54. The lowest BCUT2D eigenvalue weighted by Crippen LogP contribution is -2.50. The molecule has 0 radical (unpaired) electrons. The summed E-state index contributed by atoms with van der Waals surface area (Å²) in [6.07, 6.45) is 0. The van der Waals surface area contributed by atoms with Crippen molar-refractivity contribution in [2.24, 2.45) is 0 Å². The molecule has 0 aliphatic heterocycles. The van der Waals surface area contributed by atoms with E-state index in [0.717, 1.165) is 10.5 Å². The third kappa shape index (κ3) is 7.15. The van der Waals surface area contributed by atoms with Crippen molar-refractivity contribution in [1.29, 1.82) is 0 Å². The van der Waals surface area contributed by atoms with Crippen LogP contribution in [0.25, 0.3) is 0 Å². The number of rotatable bonds is 11. The number of esters is 2. The number of sulfone groups is 1. The molecule has 38 heavy (non-hydrogen) atoms. The Labute approximate surface area is 240 Å². The highest BCUT2D eigenvalue weighted by Crippen LogP contribution is 2.38. The number of hydrogen-bond donors (Lipinski definition) is 0. The molecule has 12 heteroatoms. The van der Waals surface area contributed by atoms with Crippen LogP contribution in [0.4, 0.5) is 0 Å². The molecule has 2 aromatic carbocycles. The zero-order chi connectivity index (χ0) is 28.8. The number of benzene rings is 2. The van der Waals surface area contributed by atoms with Crippen molar-refractivity contribution in [2.75, 3.05) is 20.3 Å². The molecule has 0 fully saturated rings. The van der Waals surface area contributed by atoms with Gasteiger partial charge >= 0.3 is 11.9 Å². The average Bonchev–Trinajstić information content (AvgIpc) is 2.82. The van der Waals surface area contributed by atoms with Gasteiger partial charge in [0.2, 0.25) is 21.8 Å². The molecule has 0 heterocycles. The Morgan fingerprint density at radius 2 is 1.47 bits per heavy atom. The first-order valence-electron chi connectivity index (χ1n) is 11.8. The van der Waals surface area contributed by atoms with Gasteiger partial charge in [0.25, 0.3) is 0 Å². The van der Waals surface area contributed by atoms with Gasteiger partial charge in [-0.3, -0.25) is 4.79 Å². The Morgan fingerprint density at radius 3 is 1.89 bits per heavy atom. The van der Waals surface area contributed by atoms with Crippen molar-refractivity contribution in [3.8, 4) is 5.75 Å². The zero-order valence-electron chi connectivity index (χ0n) is 22.0. The van der Waals surface area contributed by atoms with E-state index in [2.05, 4.69) is 31.9 Å². The quantitative estimate of drug-likeness (QED) is 0.241. The van der Waals surface area contributed by atoms with Gasteiger partial charge in [0.05, 0.1) is 25.2 Å². The molecule has 0 atom stereocenters. The summed E-state index contributed by atoms with van der Waals surface area (Å²) in [5.74, 6) is -1.79. The highest BCUT2D eigenvalue weighted by atomic mass is 79.9. The van der Waals surface area contributed by atoms with Crippen LogP contribution in [-0.2, 0) is 40.2 Å². The average molecular weight is 677 g/mol. The molecule has 0 saturated carbocycles. The minimum absolute atomic E-state index is 0.00796. The first-order chi connectivity index (χ1) is 17.8. The maximum atomic E-state index is 13.6. The normalized spacial score (nSPS) is 11.4. The molecule has 1 amide bonds. The van der Waals surface area contributed by atoms with Crippen molar-refractivity contribution >= 4 is 59.5 Å². The van der Waals surface area contributed by atoms with Gasteiger partial charge in [-0.05, 0) is 93.1 Å². The van der Waals surface area contributed by atoms with E-state index in [1.807, 2.05) is 13.8 Å². The second kappa shape index (κ2) is 13.6. The number of ether oxygens (including phenoxy) is 3. The zero-order valence-corrected chi connectivity index (χ0v) is 26.0. The van der Waals surface area contributed by atoms with Gasteiger partial charge in [0.15, 0.2) is 0 Å². The molecule has 0 saturated heterocycles. The summed E-state index contributed by atoms with van der Waals surface area (Å²) in [7, 11) is -2.45. The van der Waals surface area contributed by atoms with E-state index >= 15 is 0 Å². The molecular weight excluding hydrogens is 646 g/mol. The lowest BCUT2D eigenvalue weighted by molar-refractivity contribution is -0.167. The minimum Gasteiger partial charge on any atom is -0.496 e. The number of hydrogen-bond acceptors (Lipinski definition) is 8. The van der Waals surface area contributed by atoms with Crippen LogP contribution in [0.2, 0.25) is 0 Å². The molecule has 2 aromatic rings. The van der Waals surface area contributed by atoms with Gasteiger partial charge in [0.1, 0.15) is 10.6 Å². The fourth-order valence-electron chi connectivity index (χ4n) is 3.78. The first kappa shape index (κ1) is 31.8. The number of carbonyl (C=O) groups is 3. The van der Waals surface area contributed by atoms with Crippen molar-refractivity contribution in [2.45, 2.75) is 62.9 Å². The third-order valence-electron chi connectivity index (χ3n) is 5.55. The number of amides is 1. The maximum absolute atomic E-state index is 13.6.